The number of hydrogen-bond donors (Lipinski definition) is 2. The first kappa shape index (κ1) is 17.8. The summed E-state index contributed by atoms with van der Waals surface area (Å²) < 4.78 is 6.92. The predicted octanol–water partition coefficient (Wildman–Crippen LogP) is 2.63. The number of aromatic amines is 1. The van der Waals surface area contributed by atoms with Crippen LogP contribution in [-0.2, 0) is 0 Å². The number of fused-ring (bicyclic) bond motifs is 2. The molecule has 148 valence electrons. The van der Waals surface area contributed by atoms with Gasteiger partial charge in [0.15, 0.2) is 0 Å². The van der Waals surface area contributed by atoms with Crippen LogP contribution in [0.25, 0.3) is 12.2 Å². The molecule has 2 aromatic carbocycles. The van der Waals surface area contributed by atoms with E-state index in [4.69, 9.17) is 4.74 Å². The summed E-state index contributed by atoms with van der Waals surface area (Å²) in [7, 11) is 1.62. The minimum Gasteiger partial charge on any atom is -0.497 e. The molecule has 9 heteroatoms. The SMILES string of the molecule is COc1ccc([C@H]2c3c(/C=C/c4ccccc4)n[nH]c(=O)c3Nc3nnnn32)cc1. The van der Waals surface area contributed by atoms with E-state index >= 15 is 0 Å². The van der Waals surface area contributed by atoms with Crippen LogP contribution in [0, 0.1) is 0 Å². The summed E-state index contributed by atoms with van der Waals surface area (Å²) in [5.74, 6) is 1.12. The largest absolute Gasteiger partial charge is 0.497 e. The van der Waals surface area contributed by atoms with Gasteiger partial charge >= 0.3 is 0 Å². The number of hydrogen-bond acceptors (Lipinski definition) is 7. The van der Waals surface area contributed by atoms with Gasteiger partial charge in [-0.1, -0.05) is 53.6 Å². The van der Waals surface area contributed by atoms with Gasteiger partial charge < -0.3 is 10.1 Å². The van der Waals surface area contributed by atoms with E-state index in [1.165, 1.54) is 0 Å². The fourth-order valence-corrected chi connectivity index (χ4v) is 3.52. The van der Waals surface area contributed by atoms with Crippen LogP contribution >= 0.6 is 0 Å². The van der Waals surface area contributed by atoms with Crippen LogP contribution in [0.1, 0.15) is 28.4 Å². The molecule has 0 spiro atoms. The van der Waals surface area contributed by atoms with Crippen LogP contribution in [-0.4, -0.2) is 37.5 Å². The maximum Gasteiger partial charge on any atom is 0.288 e. The standard InChI is InChI=1S/C21H17N7O2/c1-30-15-10-8-14(9-11-15)19-17-16(12-7-13-5-3-2-4-6-13)23-24-20(29)18(17)22-21-25-26-27-28(19)21/h2-12,19H,1H3,(H,24,29)(H,22,25,27)/b12-7+/t19-/m0/s1. The predicted molar refractivity (Wildman–Crippen MR) is 112 cm³/mol. The molecule has 0 saturated heterocycles. The van der Waals surface area contributed by atoms with E-state index in [0.29, 0.717) is 22.9 Å². The van der Waals surface area contributed by atoms with Crippen molar-refractivity contribution in [3.63, 3.8) is 0 Å². The number of aromatic nitrogens is 6. The lowest BCUT2D eigenvalue weighted by Gasteiger charge is -2.27. The summed E-state index contributed by atoms with van der Waals surface area (Å²) in [6, 6.07) is 17.0. The molecular formula is C21H17N7O2. The molecule has 0 amide bonds. The van der Waals surface area contributed by atoms with Gasteiger partial charge in [0, 0.05) is 5.56 Å². The third-order valence-corrected chi connectivity index (χ3v) is 4.96. The number of tetrazole rings is 1. The quantitative estimate of drug-likeness (QED) is 0.478. The number of ether oxygens (including phenoxy) is 1. The molecular weight excluding hydrogens is 382 g/mol. The van der Waals surface area contributed by atoms with E-state index < -0.39 is 6.04 Å². The monoisotopic (exact) mass is 399 g/mol. The van der Waals surface area contributed by atoms with Gasteiger partial charge in [0.25, 0.3) is 5.56 Å². The van der Waals surface area contributed by atoms with Crippen molar-refractivity contribution in [2.45, 2.75) is 6.04 Å². The molecule has 1 aliphatic rings. The minimum atomic E-state index is -0.428. The summed E-state index contributed by atoms with van der Waals surface area (Å²) >= 11 is 0. The zero-order chi connectivity index (χ0) is 20.5. The highest BCUT2D eigenvalue weighted by molar-refractivity contribution is 5.75. The zero-order valence-corrected chi connectivity index (χ0v) is 16.0. The molecule has 0 unspecified atom stereocenters. The third kappa shape index (κ3) is 3.02. The molecule has 1 atom stereocenters. The Morgan fingerprint density at radius 2 is 1.87 bits per heavy atom. The van der Waals surface area contributed by atoms with Crippen LogP contribution in [0.15, 0.2) is 59.4 Å². The second-order valence-corrected chi connectivity index (χ2v) is 6.72. The maximum atomic E-state index is 12.6. The van der Waals surface area contributed by atoms with Crippen molar-refractivity contribution in [3.05, 3.63) is 87.3 Å². The summed E-state index contributed by atoms with van der Waals surface area (Å²) in [4.78, 5) is 12.6. The molecule has 1 aliphatic heterocycles. The molecule has 9 nitrogen and oxygen atoms in total. The first-order valence-corrected chi connectivity index (χ1v) is 9.29. The molecule has 0 radical (unpaired) electrons. The normalized spacial score (nSPS) is 14.8. The van der Waals surface area contributed by atoms with Gasteiger partial charge in [-0.05, 0) is 39.8 Å². The van der Waals surface area contributed by atoms with Crippen molar-refractivity contribution in [1.82, 2.24) is 30.4 Å². The number of methoxy groups -OCH3 is 1. The number of benzene rings is 2. The molecule has 0 saturated carbocycles. The summed E-state index contributed by atoms with van der Waals surface area (Å²) in [6.07, 6.45) is 3.82. The Morgan fingerprint density at radius 1 is 1.07 bits per heavy atom. The van der Waals surface area contributed by atoms with Gasteiger partial charge in [-0.15, -0.1) is 0 Å². The highest BCUT2D eigenvalue weighted by Gasteiger charge is 2.33. The lowest BCUT2D eigenvalue weighted by molar-refractivity contribution is 0.414. The average molecular weight is 399 g/mol. The van der Waals surface area contributed by atoms with Crippen molar-refractivity contribution >= 4 is 23.8 Å². The van der Waals surface area contributed by atoms with Crippen molar-refractivity contribution in [1.29, 1.82) is 0 Å². The Bertz CT molecular complexity index is 1280. The molecule has 4 aromatic rings. The van der Waals surface area contributed by atoms with Crippen LogP contribution in [0.2, 0.25) is 0 Å². The molecule has 2 aromatic heterocycles. The van der Waals surface area contributed by atoms with Crippen molar-refractivity contribution < 1.29 is 4.74 Å². The molecule has 5 rings (SSSR count). The lowest BCUT2D eigenvalue weighted by atomic mass is 9.94. The van der Waals surface area contributed by atoms with Crippen molar-refractivity contribution in [3.8, 4) is 5.75 Å². The summed E-state index contributed by atoms with van der Waals surface area (Å²) in [5, 5.41) is 21.8. The maximum absolute atomic E-state index is 12.6. The van der Waals surface area contributed by atoms with Crippen LogP contribution in [0.3, 0.4) is 0 Å². The molecule has 0 bridgehead atoms. The lowest BCUT2D eigenvalue weighted by Crippen LogP contribution is -2.29. The Morgan fingerprint density at radius 3 is 2.63 bits per heavy atom. The Labute approximate surface area is 171 Å². The highest BCUT2D eigenvalue weighted by atomic mass is 16.5. The molecule has 30 heavy (non-hydrogen) atoms. The van der Waals surface area contributed by atoms with Gasteiger partial charge in [-0.3, -0.25) is 4.79 Å². The first-order valence-electron chi connectivity index (χ1n) is 9.29. The van der Waals surface area contributed by atoms with Gasteiger partial charge in [-0.25, -0.2) is 5.10 Å². The van der Waals surface area contributed by atoms with Gasteiger partial charge in [0.05, 0.1) is 12.8 Å². The molecule has 0 aliphatic carbocycles. The average Bonchev–Trinajstić information content (AvgIpc) is 3.27. The van der Waals surface area contributed by atoms with Crippen LogP contribution < -0.4 is 15.6 Å². The number of nitrogens with zero attached hydrogens (tertiary/aromatic N) is 5. The summed E-state index contributed by atoms with van der Waals surface area (Å²) in [5.41, 5.74) is 3.26. The highest BCUT2D eigenvalue weighted by Crippen LogP contribution is 2.38. The third-order valence-electron chi connectivity index (χ3n) is 4.96. The van der Waals surface area contributed by atoms with Gasteiger partial charge in [0.1, 0.15) is 17.5 Å². The number of rotatable bonds is 4. The van der Waals surface area contributed by atoms with Crippen molar-refractivity contribution in [2.75, 3.05) is 12.4 Å². The van der Waals surface area contributed by atoms with Gasteiger partial charge in [-0.2, -0.15) is 9.78 Å². The molecule has 2 N–H and O–H groups in total. The second kappa shape index (κ2) is 7.28. The zero-order valence-electron chi connectivity index (χ0n) is 16.0. The Hall–Kier alpha value is -4.27. The van der Waals surface area contributed by atoms with E-state index in [2.05, 4.69) is 31.0 Å². The number of nitrogens with one attached hydrogen (secondary N) is 2. The molecule has 3 heterocycles. The Balaban J connectivity index is 1.69. The fraction of sp³-hybridized carbons (Fsp3) is 0.0952. The minimum absolute atomic E-state index is 0.338. The smallest absolute Gasteiger partial charge is 0.288 e. The van der Waals surface area contributed by atoms with Gasteiger partial charge in [0.2, 0.25) is 5.95 Å². The van der Waals surface area contributed by atoms with Crippen LogP contribution in [0.4, 0.5) is 11.6 Å². The number of H-pyrrole nitrogens is 1. The van der Waals surface area contributed by atoms with Crippen LogP contribution in [0.5, 0.6) is 5.75 Å². The first-order chi connectivity index (χ1) is 14.7. The fourth-order valence-electron chi connectivity index (χ4n) is 3.52. The van der Waals surface area contributed by atoms with E-state index in [0.717, 1.165) is 16.9 Å². The second-order valence-electron chi connectivity index (χ2n) is 6.72. The van der Waals surface area contributed by atoms with E-state index in [1.54, 1.807) is 11.8 Å². The topological polar surface area (TPSA) is 111 Å². The van der Waals surface area contributed by atoms with E-state index in [1.807, 2.05) is 66.7 Å². The van der Waals surface area contributed by atoms with E-state index in [-0.39, 0.29) is 5.56 Å². The van der Waals surface area contributed by atoms with E-state index in [9.17, 15) is 4.79 Å². The van der Waals surface area contributed by atoms with Crippen molar-refractivity contribution in [2.24, 2.45) is 0 Å². The number of anilines is 2. The summed E-state index contributed by atoms with van der Waals surface area (Å²) in [6.45, 7) is 0. The Kier molecular flexibility index (Phi) is 4.32. The molecule has 0 fully saturated rings.